The average Bonchev–Trinajstić information content (AvgIpc) is 2.69. The first kappa shape index (κ1) is 19.3. The van der Waals surface area contributed by atoms with E-state index in [1.807, 2.05) is 18.2 Å². The van der Waals surface area contributed by atoms with Gasteiger partial charge in [0, 0.05) is 30.7 Å². The number of hydrogen-bond acceptors (Lipinski definition) is 4. The summed E-state index contributed by atoms with van der Waals surface area (Å²) in [5.74, 6) is 0. The van der Waals surface area contributed by atoms with Gasteiger partial charge < -0.3 is 20.4 Å². The van der Waals surface area contributed by atoms with Gasteiger partial charge in [0.25, 0.3) is 0 Å². The number of aromatic nitrogens is 1. The molecule has 0 radical (unpaired) electrons. The van der Waals surface area contributed by atoms with Crippen LogP contribution >= 0.6 is 0 Å². The van der Waals surface area contributed by atoms with E-state index in [0.717, 1.165) is 43.7 Å². The molecule has 0 spiro atoms. The largest absolute Gasteiger partial charge is 0.330 e. The topological polar surface area (TPSA) is 60.5 Å². The quantitative estimate of drug-likeness (QED) is 0.824. The molecule has 1 aliphatic rings. The van der Waals surface area contributed by atoms with E-state index in [1.165, 1.54) is 0 Å². The zero-order chi connectivity index (χ0) is 19.1. The first-order chi connectivity index (χ1) is 13.1. The highest BCUT2D eigenvalue weighted by atomic mass is 16.2. The van der Waals surface area contributed by atoms with Crippen molar-refractivity contribution in [1.29, 1.82) is 0 Å². The molecule has 0 unspecified atom stereocenters. The molecule has 1 fully saturated rings. The van der Waals surface area contributed by atoms with E-state index in [1.54, 1.807) is 24.5 Å². The minimum Gasteiger partial charge on any atom is -0.330 e. The van der Waals surface area contributed by atoms with Crippen molar-refractivity contribution in [2.45, 2.75) is 24.9 Å². The maximum atomic E-state index is 12.5. The van der Waals surface area contributed by atoms with Gasteiger partial charge in [0.1, 0.15) is 0 Å². The van der Waals surface area contributed by atoms with Crippen LogP contribution in [0.25, 0.3) is 0 Å². The lowest BCUT2D eigenvalue weighted by molar-refractivity contribution is 0.135. The lowest BCUT2D eigenvalue weighted by atomic mass is 10.0. The number of likely N-dealkylation sites (N-methyl/N-ethyl adjacent to an activating group) is 1. The number of likely N-dealkylation sites (tertiary alicyclic amines) is 1. The summed E-state index contributed by atoms with van der Waals surface area (Å²) in [4.78, 5) is 21.3. The van der Waals surface area contributed by atoms with Crippen LogP contribution in [0.1, 0.15) is 24.4 Å². The Bertz CT molecular complexity index is 701. The Morgan fingerprint density at radius 1 is 1.19 bits per heavy atom. The van der Waals surface area contributed by atoms with Crippen LogP contribution in [0.5, 0.6) is 0 Å². The van der Waals surface area contributed by atoms with Crippen molar-refractivity contribution in [3.05, 3.63) is 60.4 Å². The SMILES string of the molecule is CN1CCC(N(C)C[C@H](NC(=O)Nc2ccncc2)c2ccccc2)CC1. The number of nitrogens with zero attached hydrogens (tertiary/aromatic N) is 3. The number of amides is 2. The molecule has 1 aromatic heterocycles. The summed E-state index contributed by atoms with van der Waals surface area (Å²) in [7, 11) is 4.34. The van der Waals surface area contributed by atoms with E-state index in [0.29, 0.717) is 6.04 Å². The van der Waals surface area contributed by atoms with E-state index in [-0.39, 0.29) is 12.1 Å². The third-order valence-corrected chi connectivity index (χ3v) is 5.23. The molecule has 2 N–H and O–H groups in total. The van der Waals surface area contributed by atoms with E-state index < -0.39 is 0 Å². The van der Waals surface area contributed by atoms with Gasteiger partial charge in [-0.2, -0.15) is 0 Å². The third kappa shape index (κ3) is 5.77. The van der Waals surface area contributed by atoms with Crippen molar-refractivity contribution in [1.82, 2.24) is 20.1 Å². The standard InChI is InChI=1S/C21H29N5O/c1-25-14-10-19(11-15-25)26(2)16-20(17-6-4-3-5-7-17)24-21(27)23-18-8-12-22-13-9-18/h3-9,12-13,19-20H,10-11,14-16H2,1-2H3,(H2,22,23,24,27)/t20-/m0/s1. The molecule has 1 aromatic carbocycles. The van der Waals surface area contributed by atoms with Gasteiger partial charge in [0.05, 0.1) is 6.04 Å². The molecular weight excluding hydrogens is 338 g/mol. The van der Waals surface area contributed by atoms with Crippen LogP contribution in [0.4, 0.5) is 10.5 Å². The fraction of sp³-hybridized carbons (Fsp3) is 0.429. The second kappa shape index (κ2) is 9.48. The molecule has 6 nitrogen and oxygen atoms in total. The normalized spacial score (nSPS) is 16.9. The molecule has 6 heteroatoms. The molecule has 0 bridgehead atoms. The summed E-state index contributed by atoms with van der Waals surface area (Å²) in [6.07, 6.45) is 5.66. The average molecular weight is 367 g/mol. The predicted octanol–water partition coefficient (Wildman–Crippen LogP) is 2.97. The number of benzene rings is 1. The Balaban J connectivity index is 1.65. The van der Waals surface area contributed by atoms with Gasteiger partial charge in [-0.15, -0.1) is 0 Å². The van der Waals surface area contributed by atoms with Crippen LogP contribution in [0, 0.1) is 0 Å². The molecule has 3 rings (SSSR count). The second-order valence-corrected chi connectivity index (χ2v) is 7.27. The van der Waals surface area contributed by atoms with E-state index in [9.17, 15) is 4.79 Å². The minimum atomic E-state index is -0.202. The number of piperidine rings is 1. The number of pyridine rings is 1. The maximum absolute atomic E-state index is 12.5. The molecule has 1 atom stereocenters. The van der Waals surface area contributed by atoms with Gasteiger partial charge >= 0.3 is 6.03 Å². The number of urea groups is 1. The molecular formula is C21H29N5O. The van der Waals surface area contributed by atoms with Crippen molar-refractivity contribution in [2.75, 3.05) is 39.0 Å². The fourth-order valence-corrected chi connectivity index (χ4v) is 3.55. The van der Waals surface area contributed by atoms with Gasteiger partial charge in [0.15, 0.2) is 0 Å². The smallest absolute Gasteiger partial charge is 0.319 e. The van der Waals surface area contributed by atoms with Crippen molar-refractivity contribution >= 4 is 11.7 Å². The summed E-state index contributed by atoms with van der Waals surface area (Å²) in [5, 5.41) is 6.02. The number of carbonyl (C=O) groups is 1. The van der Waals surface area contributed by atoms with Gasteiger partial charge in [-0.3, -0.25) is 4.98 Å². The Labute approximate surface area is 161 Å². The zero-order valence-electron chi connectivity index (χ0n) is 16.1. The van der Waals surface area contributed by atoms with E-state index >= 15 is 0 Å². The molecule has 0 saturated carbocycles. The zero-order valence-corrected chi connectivity index (χ0v) is 16.1. The summed E-state index contributed by atoms with van der Waals surface area (Å²) >= 11 is 0. The van der Waals surface area contributed by atoms with Crippen LogP contribution in [-0.2, 0) is 0 Å². The Morgan fingerprint density at radius 3 is 2.52 bits per heavy atom. The lowest BCUT2D eigenvalue weighted by Gasteiger charge is -2.37. The van der Waals surface area contributed by atoms with Gasteiger partial charge in [-0.25, -0.2) is 4.79 Å². The Hall–Kier alpha value is -2.44. The van der Waals surface area contributed by atoms with Crippen molar-refractivity contribution in [2.24, 2.45) is 0 Å². The molecule has 27 heavy (non-hydrogen) atoms. The van der Waals surface area contributed by atoms with Crippen molar-refractivity contribution < 1.29 is 4.79 Å². The summed E-state index contributed by atoms with van der Waals surface area (Å²) in [5.41, 5.74) is 1.85. The van der Waals surface area contributed by atoms with Gasteiger partial charge in [-0.05, 0) is 57.7 Å². The molecule has 0 aliphatic carbocycles. The number of rotatable bonds is 6. The van der Waals surface area contributed by atoms with Crippen LogP contribution in [0.3, 0.4) is 0 Å². The summed E-state index contributed by atoms with van der Waals surface area (Å²) in [6, 6.07) is 14.0. The Morgan fingerprint density at radius 2 is 1.85 bits per heavy atom. The van der Waals surface area contributed by atoms with Crippen molar-refractivity contribution in [3.8, 4) is 0 Å². The molecule has 1 aliphatic heterocycles. The second-order valence-electron chi connectivity index (χ2n) is 7.27. The number of hydrogen-bond donors (Lipinski definition) is 2. The van der Waals surface area contributed by atoms with Crippen molar-refractivity contribution in [3.63, 3.8) is 0 Å². The van der Waals surface area contributed by atoms with Gasteiger partial charge in [0.2, 0.25) is 0 Å². The van der Waals surface area contributed by atoms with Crippen LogP contribution in [0.2, 0.25) is 0 Å². The number of nitrogens with one attached hydrogen (secondary N) is 2. The monoisotopic (exact) mass is 367 g/mol. The summed E-state index contributed by atoms with van der Waals surface area (Å²) in [6.45, 7) is 3.03. The summed E-state index contributed by atoms with van der Waals surface area (Å²) < 4.78 is 0. The third-order valence-electron chi connectivity index (χ3n) is 5.23. The molecule has 144 valence electrons. The van der Waals surface area contributed by atoms with Crippen LogP contribution in [0.15, 0.2) is 54.9 Å². The van der Waals surface area contributed by atoms with E-state index in [2.05, 4.69) is 51.6 Å². The Kier molecular flexibility index (Phi) is 6.79. The first-order valence-electron chi connectivity index (χ1n) is 9.53. The maximum Gasteiger partial charge on any atom is 0.319 e. The molecule has 1 saturated heterocycles. The number of anilines is 1. The fourth-order valence-electron chi connectivity index (χ4n) is 3.55. The first-order valence-corrected chi connectivity index (χ1v) is 9.53. The predicted molar refractivity (Wildman–Crippen MR) is 109 cm³/mol. The lowest BCUT2D eigenvalue weighted by Crippen LogP contribution is -2.46. The number of carbonyl (C=O) groups excluding carboxylic acids is 1. The molecule has 2 aromatic rings. The highest BCUT2D eigenvalue weighted by molar-refractivity contribution is 5.89. The highest BCUT2D eigenvalue weighted by Gasteiger charge is 2.24. The minimum absolute atomic E-state index is 0.0716. The van der Waals surface area contributed by atoms with Gasteiger partial charge in [-0.1, -0.05) is 30.3 Å². The van der Waals surface area contributed by atoms with Crippen LogP contribution in [-0.4, -0.2) is 60.6 Å². The van der Waals surface area contributed by atoms with Crippen LogP contribution < -0.4 is 10.6 Å². The molecule has 2 amide bonds. The highest BCUT2D eigenvalue weighted by Crippen LogP contribution is 2.19. The molecule has 2 heterocycles. The van der Waals surface area contributed by atoms with E-state index in [4.69, 9.17) is 0 Å².